The van der Waals surface area contributed by atoms with Gasteiger partial charge in [0.2, 0.25) is 0 Å². The fourth-order valence-corrected chi connectivity index (χ4v) is 1.61. The lowest BCUT2D eigenvalue weighted by Crippen LogP contribution is -2.50. The molecule has 17 heavy (non-hydrogen) atoms. The van der Waals surface area contributed by atoms with Crippen LogP contribution in [0.1, 0.15) is 24.5 Å². The number of rotatable bonds is 4. The maximum atomic E-state index is 13.5. The Bertz CT molecular complexity index is 414. The van der Waals surface area contributed by atoms with E-state index in [1.807, 2.05) is 0 Å². The Labute approximate surface area is 97.7 Å². The van der Waals surface area contributed by atoms with Crippen molar-refractivity contribution in [3.05, 3.63) is 35.4 Å². The first kappa shape index (κ1) is 13.6. The van der Waals surface area contributed by atoms with Crippen molar-refractivity contribution in [1.82, 2.24) is 0 Å². The highest BCUT2D eigenvalue weighted by Gasteiger charge is 2.58. The minimum atomic E-state index is -4.23. The summed E-state index contributed by atoms with van der Waals surface area (Å²) in [6.07, 6.45) is -0.393. The predicted octanol–water partition coefficient (Wildman–Crippen LogP) is 2.31. The number of hydrogen-bond donors (Lipinski definition) is 2. The molecule has 0 saturated carbocycles. The van der Waals surface area contributed by atoms with Crippen molar-refractivity contribution in [3.8, 4) is 0 Å². The minimum absolute atomic E-state index is 0.0991. The van der Waals surface area contributed by atoms with Crippen LogP contribution < -0.4 is 0 Å². The number of hydrogen-bond acceptors (Lipinski definition) is 2. The van der Waals surface area contributed by atoms with Gasteiger partial charge >= 0.3 is 11.9 Å². The topological polar surface area (TPSA) is 57.5 Å². The first-order valence-corrected chi connectivity index (χ1v) is 5.16. The zero-order chi connectivity index (χ0) is 13.3. The molecule has 0 aromatic heterocycles. The van der Waals surface area contributed by atoms with Crippen LogP contribution in [0.15, 0.2) is 24.3 Å². The molecule has 0 aliphatic heterocycles. The van der Waals surface area contributed by atoms with E-state index in [-0.39, 0.29) is 5.56 Å². The Balaban J connectivity index is 3.30. The molecule has 1 atom stereocenters. The summed E-state index contributed by atoms with van der Waals surface area (Å²) in [4.78, 5) is 10.6. The molecule has 0 bridgehead atoms. The zero-order valence-corrected chi connectivity index (χ0v) is 9.58. The van der Waals surface area contributed by atoms with E-state index >= 15 is 0 Å². The molecule has 5 heteroatoms. The summed E-state index contributed by atoms with van der Waals surface area (Å²) < 4.78 is 27.1. The van der Waals surface area contributed by atoms with Crippen LogP contribution in [0.5, 0.6) is 0 Å². The highest BCUT2D eigenvalue weighted by atomic mass is 19.3. The second-order valence-corrected chi connectivity index (χ2v) is 3.96. The van der Waals surface area contributed by atoms with Gasteiger partial charge in [0.25, 0.3) is 0 Å². The lowest BCUT2D eigenvalue weighted by Gasteiger charge is -2.32. The molecule has 0 amide bonds. The second-order valence-electron chi connectivity index (χ2n) is 3.96. The van der Waals surface area contributed by atoms with Crippen LogP contribution in [-0.4, -0.2) is 22.1 Å². The highest BCUT2D eigenvalue weighted by Crippen LogP contribution is 2.40. The summed E-state index contributed by atoms with van der Waals surface area (Å²) in [5, 5.41) is 18.5. The van der Waals surface area contributed by atoms with Gasteiger partial charge in [-0.3, -0.25) is 0 Å². The molecule has 0 aliphatic rings. The Kier molecular flexibility index (Phi) is 3.52. The molecule has 2 N–H and O–H groups in total. The molecule has 0 spiro atoms. The molecule has 1 rings (SSSR count). The van der Waals surface area contributed by atoms with Crippen LogP contribution in [0.25, 0.3) is 0 Å². The number of carboxylic acids is 1. The maximum absolute atomic E-state index is 13.5. The molecular weight excluding hydrogens is 230 g/mol. The van der Waals surface area contributed by atoms with Crippen LogP contribution in [0.3, 0.4) is 0 Å². The summed E-state index contributed by atoms with van der Waals surface area (Å²) in [6.45, 7) is 3.08. The molecule has 0 fully saturated rings. The number of aryl methyl sites for hydroxylation is 1. The first-order valence-electron chi connectivity index (χ1n) is 5.16. The largest absolute Gasteiger partial charge is 0.477 e. The Morgan fingerprint density at radius 1 is 1.29 bits per heavy atom. The first-order chi connectivity index (χ1) is 7.75. The molecule has 1 aromatic carbocycles. The van der Waals surface area contributed by atoms with E-state index in [0.717, 1.165) is 5.56 Å². The molecule has 0 aliphatic carbocycles. The minimum Gasteiger partial charge on any atom is -0.477 e. The molecule has 3 nitrogen and oxygen atoms in total. The Hall–Kier alpha value is -1.49. The third-order valence-electron chi connectivity index (χ3n) is 2.83. The van der Waals surface area contributed by atoms with Gasteiger partial charge in [0, 0.05) is 0 Å². The summed E-state index contributed by atoms with van der Waals surface area (Å²) in [5.74, 6) is -6.56. The number of benzene rings is 1. The SMILES string of the molecule is CCC(O)(c1ccc(C)cc1)C(F)(F)C(=O)O. The van der Waals surface area contributed by atoms with Gasteiger partial charge < -0.3 is 10.2 Å². The van der Waals surface area contributed by atoms with Crippen molar-refractivity contribution in [3.63, 3.8) is 0 Å². The summed E-state index contributed by atoms with van der Waals surface area (Å²) in [7, 11) is 0. The second kappa shape index (κ2) is 4.41. The van der Waals surface area contributed by atoms with Crippen molar-refractivity contribution in [2.24, 2.45) is 0 Å². The van der Waals surface area contributed by atoms with Crippen molar-refractivity contribution < 1.29 is 23.8 Å². The van der Waals surface area contributed by atoms with Gasteiger partial charge in [0.05, 0.1) is 0 Å². The van der Waals surface area contributed by atoms with Gasteiger partial charge in [-0.15, -0.1) is 0 Å². The monoisotopic (exact) mass is 244 g/mol. The van der Waals surface area contributed by atoms with E-state index < -0.39 is 23.9 Å². The van der Waals surface area contributed by atoms with Crippen LogP contribution in [-0.2, 0) is 10.4 Å². The van der Waals surface area contributed by atoms with E-state index in [1.165, 1.54) is 19.1 Å². The number of alkyl halides is 2. The summed E-state index contributed by atoms with van der Waals surface area (Å²) in [6, 6.07) is 5.73. The van der Waals surface area contributed by atoms with E-state index in [4.69, 9.17) is 5.11 Å². The number of carboxylic acid groups (broad SMARTS) is 1. The smallest absolute Gasteiger partial charge is 0.378 e. The molecule has 0 saturated heterocycles. The number of aliphatic hydroxyl groups is 1. The average Bonchev–Trinajstić information content (AvgIpc) is 2.28. The van der Waals surface area contributed by atoms with E-state index in [0.29, 0.717) is 0 Å². The molecule has 94 valence electrons. The van der Waals surface area contributed by atoms with Crippen molar-refractivity contribution >= 4 is 5.97 Å². The molecule has 0 radical (unpaired) electrons. The quantitative estimate of drug-likeness (QED) is 0.854. The molecule has 1 aromatic rings. The van der Waals surface area contributed by atoms with Gasteiger partial charge in [-0.05, 0) is 18.9 Å². The number of carbonyl (C=O) groups is 1. The van der Waals surface area contributed by atoms with Crippen molar-refractivity contribution in [2.75, 3.05) is 0 Å². The Morgan fingerprint density at radius 3 is 2.12 bits per heavy atom. The fraction of sp³-hybridized carbons (Fsp3) is 0.417. The lowest BCUT2D eigenvalue weighted by atomic mass is 9.84. The van der Waals surface area contributed by atoms with Gasteiger partial charge in [0.1, 0.15) is 0 Å². The zero-order valence-electron chi connectivity index (χ0n) is 9.58. The fourth-order valence-electron chi connectivity index (χ4n) is 1.61. The van der Waals surface area contributed by atoms with E-state index in [2.05, 4.69) is 0 Å². The summed E-state index contributed by atoms with van der Waals surface area (Å²) in [5.41, 5.74) is -1.95. The number of halogens is 2. The maximum Gasteiger partial charge on any atom is 0.378 e. The van der Waals surface area contributed by atoms with Gasteiger partial charge in [0.15, 0.2) is 5.60 Å². The Morgan fingerprint density at radius 2 is 1.76 bits per heavy atom. The molecular formula is C12H14F2O3. The number of aliphatic carboxylic acids is 1. The van der Waals surface area contributed by atoms with Gasteiger partial charge in [-0.1, -0.05) is 36.8 Å². The van der Waals surface area contributed by atoms with E-state index in [1.54, 1.807) is 19.1 Å². The van der Waals surface area contributed by atoms with Gasteiger partial charge in [-0.2, -0.15) is 8.78 Å². The van der Waals surface area contributed by atoms with Crippen LogP contribution in [0.4, 0.5) is 8.78 Å². The third-order valence-corrected chi connectivity index (χ3v) is 2.83. The highest BCUT2D eigenvalue weighted by molar-refractivity contribution is 5.77. The van der Waals surface area contributed by atoms with Crippen LogP contribution >= 0.6 is 0 Å². The standard InChI is InChI=1S/C12H14F2O3/c1-3-11(17,12(13,14)10(15)16)9-6-4-8(2)5-7-9/h4-7,17H,3H2,1-2H3,(H,15,16). The third kappa shape index (κ3) is 2.15. The van der Waals surface area contributed by atoms with E-state index in [9.17, 15) is 18.7 Å². The normalized spacial score (nSPS) is 15.4. The molecule has 0 heterocycles. The lowest BCUT2D eigenvalue weighted by molar-refractivity contribution is -0.213. The van der Waals surface area contributed by atoms with Crippen molar-refractivity contribution in [2.45, 2.75) is 31.8 Å². The average molecular weight is 244 g/mol. The predicted molar refractivity (Wildman–Crippen MR) is 57.9 cm³/mol. The van der Waals surface area contributed by atoms with Crippen molar-refractivity contribution in [1.29, 1.82) is 0 Å². The van der Waals surface area contributed by atoms with Crippen LogP contribution in [0.2, 0.25) is 0 Å². The molecule has 1 unspecified atom stereocenters. The van der Waals surface area contributed by atoms with Gasteiger partial charge in [-0.25, -0.2) is 4.79 Å². The van der Waals surface area contributed by atoms with Crippen LogP contribution in [0, 0.1) is 6.92 Å². The summed E-state index contributed by atoms with van der Waals surface area (Å²) >= 11 is 0.